The Kier molecular flexibility index (Phi) is 8.15. The van der Waals surface area contributed by atoms with Crippen molar-refractivity contribution in [2.75, 3.05) is 27.0 Å². The first-order chi connectivity index (χ1) is 19.8. The third kappa shape index (κ3) is 6.06. The third-order valence-electron chi connectivity index (χ3n) is 7.48. The molecule has 5 rings (SSSR count). The second kappa shape index (κ2) is 11.5. The number of amides is 1. The van der Waals surface area contributed by atoms with E-state index in [1.807, 2.05) is 31.8 Å². The van der Waals surface area contributed by atoms with E-state index in [4.69, 9.17) is 21.3 Å². The zero-order valence-electron chi connectivity index (χ0n) is 24.1. The largest absolute Gasteiger partial charge is 0.491 e. The summed E-state index contributed by atoms with van der Waals surface area (Å²) in [7, 11) is 0.301. The van der Waals surface area contributed by atoms with E-state index in [-0.39, 0.29) is 17.9 Å². The van der Waals surface area contributed by atoms with Crippen LogP contribution in [0, 0.1) is 13.8 Å². The molecular weight excluding hydrogens is 580 g/mol. The van der Waals surface area contributed by atoms with Gasteiger partial charge in [0.1, 0.15) is 23.9 Å². The lowest BCUT2D eigenvalue weighted by atomic mass is 9.92. The van der Waals surface area contributed by atoms with Gasteiger partial charge in [0, 0.05) is 27.8 Å². The number of hydrogen-bond acceptors (Lipinski definition) is 8. The van der Waals surface area contributed by atoms with E-state index in [1.165, 1.54) is 10.6 Å². The highest BCUT2D eigenvalue weighted by Gasteiger charge is 2.25. The van der Waals surface area contributed by atoms with Crippen molar-refractivity contribution < 1.29 is 17.9 Å². The topological polar surface area (TPSA) is 128 Å². The van der Waals surface area contributed by atoms with Gasteiger partial charge in [0.2, 0.25) is 10.0 Å². The summed E-state index contributed by atoms with van der Waals surface area (Å²) in [5, 5.41) is 4.92. The van der Waals surface area contributed by atoms with Crippen LogP contribution >= 0.6 is 11.6 Å². The second-order valence-corrected chi connectivity index (χ2v) is 13.0. The zero-order valence-corrected chi connectivity index (χ0v) is 25.7. The molecule has 0 spiro atoms. The number of hydrogen-bond donors (Lipinski definition) is 1. The summed E-state index contributed by atoms with van der Waals surface area (Å²) in [6, 6.07) is 10.6. The van der Waals surface area contributed by atoms with Gasteiger partial charge in [0.05, 0.1) is 29.7 Å². The zero-order chi connectivity index (χ0) is 30.3. The number of sulfonamides is 1. The maximum absolute atomic E-state index is 13.5. The highest BCUT2D eigenvalue weighted by molar-refractivity contribution is 7.89. The molecular formula is C29H33ClN6O5S. The molecule has 1 amide bonds. The Labute approximate surface area is 249 Å². The smallest absolute Gasteiger partial charge is 0.283 e. The van der Waals surface area contributed by atoms with Gasteiger partial charge in [-0.15, -0.1) is 0 Å². The predicted octanol–water partition coefficient (Wildman–Crippen LogP) is 3.02. The van der Waals surface area contributed by atoms with Crippen LogP contribution in [0.4, 0.5) is 0 Å². The monoisotopic (exact) mass is 612 g/mol. The molecule has 1 aliphatic carbocycles. The molecule has 1 aromatic carbocycles. The van der Waals surface area contributed by atoms with E-state index < -0.39 is 15.9 Å². The number of ether oxygens (including phenoxy) is 1. The number of benzene rings is 1. The summed E-state index contributed by atoms with van der Waals surface area (Å²) < 4.78 is 34.6. The van der Waals surface area contributed by atoms with Gasteiger partial charge in [-0.3, -0.25) is 14.2 Å². The summed E-state index contributed by atoms with van der Waals surface area (Å²) in [5.74, 6) is 0.390. The fraction of sp³-hybridized carbons (Fsp3) is 0.379. The van der Waals surface area contributed by atoms with Crippen LogP contribution in [0.15, 0.2) is 41.2 Å². The molecule has 1 aliphatic rings. The van der Waals surface area contributed by atoms with Crippen molar-refractivity contribution in [1.29, 1.82) is 0 Å². The Balaban J connectivity index is 1.45. The lowest BCUT2D eigenvalue weighted by Gasteiger charge is -2.29. The summed E-state index contributed by atoms with van der Waals surface area (Å²) in [5.41, 5.74) is 4.21. The van der Waals surface area contributed by atoms with Gasteiger partial charge in [-0.25, -0.2) is 22.6 Å². The molecule has 1 atom stereocenters. The number of fused-ring (bicyclic) bond motifs is 2. The van der Waals surface area contributed by atoms with Crippen LogP contribution in [0.3, 0.4) is 0 Å². The van der Waals surface area contributed by atoms with E-state index >= 15 is 0 Å². The van der Waals surface area contributed by atoms with Crippen molar-refractivity contribution in [3.8, 4) is 16.9 Å². The molecule has 42 heavy (non-hydrogen) atoms. The number of rotatable bonds is 8. The Bertz CT molecular complexity index is 1860. The molecule has 0 aliphatic heterocycles. The van der Waals surface area contributed by atoms with Crippen LogP contribution in [0.5, 0.6) is 5.75 Å². The molecule has 222 valence electrons. The average Bonchev–Trinajstić information content (AvgIpc) is 3.33. The van der Waals surface area contributed by atoms with E-state index in [1.54, 1.807) is 35.8 Å². The summed E-state index contributed by atoms with van der Waals surface area (Å²) >= 11 is 6.39. The minimum absolute atomic E-state index is 0.0245. The van der Waals surface area contributed by atoms with E-state index in [9.17, 15) is 18.0 Å². The predicted molar refractivity (Wildman–Crippen MR) is 161 cm³/mol. The third-order valence-corrected chi connectivity index (χ3v) is 8.27. The van der Waals surface area contributed by atoms with E-state index in [2.05, 4.69) is 10.00 Å². The van der Waals surface area contributed by atoms with Crippen LogP contribution < -0.4 is 15.0 Å². The van der Waals surface area contributed by atoms with E-state index in [0.29, 0.717) is 57.9 Å². The van der Waals surface area contributed by atoms with Gasteiger partial charge in [0.15, 0.2) is 0 Å². The molecule has 0 saturated heterocycles. The number of halogens is 1. The van der Waals surface area contributed by atoms with Gasteiger partial charge < -0.3 is 9.64 Å². The van der Waals surface area contributed by atoms with Gasteiger partial charge in [-0.1, -0.05) is 11.6 Å². The SMILES string of the molecule is Cc1cc(-c2cc(Cl)ccc2OCCn2c(C)nc3c(c2=O)CC(N(C)C)CC3)c2ccc(C(=O)NS(C)(=O)=O)n2n1. The Morgan fingerprint density at radius 1 is 1.17 bits per heavy atom. The number of nitrogens with zero attached hydrogens (tertiary/aromatic N) is 5. The maximum Gasteiger partial charge on any atom is 0.283 e. The first-order valence-corrected chi connectivity index (χ1v) is 15.8. The normalized spacial score (nSPS) is 15.2. The number of aryl methyl sites for hydroxylation is 3. The maximum atomic E-state index is 13.5. The van der Waals surface area contributed by atoms with Crippen LogP contribution in [0.25, 0.3) is 16.6 Å². The summed E-state index contributed by atoms with van der Waals surface area (Å²) in [6.45, 7) is 4.13. The van der Waals surface area contributed by atoms with Gasteiger partial charge in [-0.2, -0.15) is 5.10 Å². The van der Waals surface area contributed by atoms with Gasteiger partial charge in [0.25, 0.3) is 11.5 Å². The fourth-order valence-electron chi connectivity index (χ4n) is 5.42. The molecule has 1 N–H and O–H groups in total. The molecule has 0 bridgehead atoms. The highest BCUT2D eigenvalue weighted by Crippen LogP contribution is 2.36. The standard InChI is InChI=1S/C29H33ClN6O5S/c1-17-14-21(25-9-10-26(36(25)32-17)28(37)33-42(5,39)40)22-15-19(30)6-11-27(22)41-13-12-35-18(2)31-24-8-7-20(34(3)4)16-23(24)29(35)38/h6,9-11,14-15,20H,7-8,12-13,16H2,1-5H3,(H,33,37). The summed E-state index contributed by atoms with van der Waals surface area (Å²) in [4.78, 5) is 33.0. The van der Waals surface area contributed by atoms with Crippen LogP contribution in [0.1, 0.15) is 39.7 Å². The van der Waals surface area contributed by atoms with Crippen molar-refractivity contribution in [3.63, 3.8) is 0 Å². The Morgan fingerprint density at radius 3 is 2.64 bits per heavy atom. The molecule has 3 aromatic heterocycles. The Morgan fingerprint density at radius 2 is 1.93 bits per heavy atom. The van der Waals surface area contributed by atoms with E-state index in [0.717, 1.165) is 30.4 Å². The van der Waals surface area contributed by atoms with Crippen molar-refractivity contribution >= 4 is 33.0 Å². The Hall–Kier alpha value is -3.74. The molecule has 4 aromatic rings. The molecule has 11 nitrogen and oxygen atoms in total. The molecule has 0 radical (unpaired) electrons. The van der Waals surface area contributed by atoms with Crippen molar-refractivity contribution in [3.05, 3.63) is 80.2 Å². The number of nitrogens with one attached hydrogen (secondary N) is 1. The number of carbonyl (C=O) groups is 1. The minimum Gasteiger partial charge on any atom is -0.491 e. The van der Waals surface area contributed by atoms with Crippen LogP contribution in [-0.4, -0.2) is 71.4 Å². The average molecular weight is 613 g/mol. The van der Waals surface area contributed by atoms with Crippen LogP contribution in [-0.2, 0) is 29.4 Å². The van der Waals surface area contributed by atoms with Crippen molar-refractivity contribution in [2.45, 2.75) is 45.7 Å². The first-order valence-electron chi connectivity index (χ1n) is 13.5. The molecule has 0 saturated carbocycles. The second-order valence-electron chi connectivity index (χ2n) is 10.8. The molecule has 1 unspecified atom stereocenters. The first kappa shape index (κ1) is 29.7. The molecule has 3 heterocycles. The fourth-order valence-corrected chi connectivity index (χ4v) is 6.03. The van der Waals surface area contributed by atoms with Gasteiger partial charge >= 0.3 is 0 Å². The highest BCUT2D eigenvalue weighted by atomic mass is 35.5. The quantitative estimate of drug-likeness (QED) is 0.322. The van der Waals surface area contributed by atoms with Crippen LogP contribution in [0.2, 0.25) is 5.02 Å². The molecule has 13 heteroatoms. The minimum atomic E-state index is -3.76. The lowest BCUT2D eigenvalue weighted by molar-refractivity contribution is 0.0975. The molecule has 0 fully saturated rings. The van der Waals surface area contributed by atoms with Gasteiger partial charge in [-0.05, 0) is 83.6 Å². The number of carbonyl (C=O) groups excluding carboxylic acids is 1. The number of likely N-dealkylation sites (N-methyl/N-ethyl adjacent to an activating group) is 1. The summed E-state index contributed by atoms with van der Waals surface area (Å²) in [6.07, 6.45) is 3.36. The van der Waals surface area contributed by atoms with Crippen molar-refractivity contribution in [1.82, 2.24) is 28.8 Å². The lowest BCUT2D eigenvalue weighted by Crippen LogP contribution is -2.39. The van der Waals surface area contributed by atoms with Crippen molar-refractivity contribution in [2.24, 2.45) is 0 Å². The number of aromatic nitrogens is 4.